The van der Waals surface area contributed by atoms with Gasteiger partial charge in [-0.05, 0) is 36.8 Å². The van der Waals surface area contributed by atoms with Crippen molar-refractivity contribution in [3.05, 3.63) is 60.2 Å². The van der Waals surface area contributed by atoms with E-state index in [4.69, 9.17) is 18.9 Å². The molecule has 152 valence electrons. The van der Waals surface area contributed by atoms with Crippen LogP contribution in [-0.4, -0.2) is 29.6 Å². The topological polar surface area (TPSA) is 88.1 Å². The highest BCUT2D eigenvalue weighted by Crippen LogP contribution is 2.26. The first kappa shape index (κ1) is 20.4. The lowest BCUT2D eigenvalue weighted by molar-refractivity contribution is -0.238. The lowest BCUT2D eigenvalue weighted by atomic mass is 9.99. The van der Waals surface area contributed by atoms with Crippen LogP contribution in [0.1, 0.15) is 26.3 Å². The molecule has 0 aromatic heterocycles. The van der Waals surface area contributed by atoms with E-state index in [0.717, 1.165) is 5.56 Å². The minimum atomic E-state index is -1.65. The van der Waals surface area contributed by atoms with Gasteiger partial charge >= 0.3 is 11.9 Å². The summed E-state index contributed by atoms with van der Waals surface area (Å²) >= 11 is 0. The molecule has 0 N–H and O–H groups in total. The fourth-order valence-corrected chi connectivity index (χ4v) is 2.80. The number of hydrogen-bond acceptors (Lipinski definition) is 7. The Bertz CT molecular complexity index is 867. The summed E-state index contributed by atoms with van der Waals surface area (Å²) < 4.78 is 21.2. The number of carbonyl (C=O) groups excluding carboxylic acids is 3. The molecule has 1 aliphatic heterocycles. The summed E-state index contributed by atoms with van der Waals surface area (Å²) in [4.78, 5) is 36.6. The molecule has 0 spiro atoms. The van der Waals surface area contributed by atoms with E-state index in [1.165, 1.54) is 20.8 Å². The Hall–Kier alpha value is -3.35. The highest BCUT2D eigenvalue weighted by molar-refractivity contribution is 6.17. The van der Waals surface area contributed by atoms with E-state index in [2.05, 4.69) is 0 Å². The molecule has 1 saturated heterocycles. The molecule has 2 aromatic carbocycles. The van der Waals surface area contributed by atoms with Gasteiger partial charge in [0.05, 0.1) is 0 Å². The van der Waals surface area contributed by atoms with Crippen LogP contribution < -0.4 is 9.47 Å². The summed E-state index contributed by atoms with van der Waals surface area (Å²) in [6, 6.07) is 16.4. The van der Waals surface area contributed by atoms with Gasteiger partial charge < -0.3 is 18.9 Å². The Morgan fingerprint density at radius 3 is 2.10 bits per heavy atom. The van der Waals surface area contributed by atoms with Crippen molar-refractivity contribution in [3.63, 3.8) is 0 Å². The van der Waals surface area contributed by atoms with Crippen LogP contribution in [0.15, 0.2) is 54.6 Å². The Morgan fingerprint density at radius 1 is 0.966 bits per heavy atom. The minimum absolute atomic E-state index is 0.399. The van der Waals surface area contributed by atoms with Crippen molar-refractivity contribution >= 4 is 17.7 Å². The monoisotopic (exact) mass is 398 g/mol. The van der Waals surface area contributed by atoms with E-state index in [0.29, 0.717) is 18.1 Å². The number of carbonyl (C=O) groups is 3. The second-order valence-corrected chi connectivity index (χ2v) is 7.08. The van der Waals surface area contributed by atoms with Gasteiger partial charge in [-0.15, -0.1) is 0 Å². The predicted molar refractivity (Wildman–Crippen MR) is 102 cm³/mol. The van der Waals surface area contributed by atoms with Crippen LogP contribution in [0.2, 0.25) is 0 Å². The van der Waals surface area contributed by atoms with Crippen LogP contribution in [0.5, 0.6) is 11.5 Å². The zero-order chi connectivity index (χ0) is 21.0. The normalized spacial score (nSPS) is 17.1. The van der Waals surface area contributed by atoms with Gasteiger partial charge in [-0.25, -0.2) is 0 Å². The van der Waals surface area contributed by atoms with E-state index in [-0.39, 0.29) is 0 Å². The average molecular weight is 398 g/mol. The molecule has 2 aromatic rings. The van der Waals surface area contributed by atoms with Gasteiger partial charge in [-0.2, -0.15) is 0 Å². The largest absolute Gasteiger partial charge is 0.489 e. The number of Topliss-reactive ketones (excluding diaryl/α,β-unsaturated/α-hetero) is 1. The van der Waals surface area contributed by atoms with Crippen molar-refractivity contribution in [2.45, 2.75) is 39.3 Å². The first-order valence-electron chi connectivity index (χ1n) is 9.18. The fraction of sp³-hybridized carbons (Fsp3) is 0.318. The Labute approximate surface area is 168 Å². The van der Waals surface area contributed by atoms with E-state index in [1.807, 2.05) is 30.3 Å². The van der Waals surface area contributed by atoms with Crippen LogP contribution in [0.4, 0.5) is 0 Å². The zero-order valence-corrected chi connectivity index (χ0v) is 16.4. The van der Waals surface area contributed by atoms with E-state index >= 15 is 0 Å². The molecule has 0 saturated carbocycles. The number of benzene rings is 2. The van der Waals surface area contributed by atoms with Gasteiger partial charge in [0.1, 0.15) is 18.1 Å². The molecule has 3 rings (SSSR count). The number of ether oxygens (including phenoxy) is 4. The fourth-order valence-electron chi connectivity index (χ4n) is 2.80. The van der Waals surface area contributed by atoms with Crippen molar-refractivity contribution in [2.75, 3.05) is 0 Å². The van der Waals surface area contributed by atoms with Crippen molar-refractivity contribution in [2.24, 2.45) is 5.92 Å². The highest BCUT2D eigenvalue weighted by atomic mass is 16.7. The number of hydrogen-bond donors (Lipinski definition) is 0. The minimum Gasteiger partial charge on any atom is -0.489 e. The van der Waals surface area contributed by atoms with Gasteiger partial charge in [-0.1, -0.05) is 30.3 Å². The molecule has 1 heterocycles. The average Bonchev–Trinajstić information content (AvgIpc) is 2.66. The lowest BCUT2D eigenvalue weighted by Crippen LogP contribution is -2.51. The lowest BCUT2D eigenvalue weighted by Gasteiger charge is -2.32. The van der Waals surface area contributed by atoms with E-state index < -0.39 is 35.5 Å². The van der Waals surface area contributed by atoms with Crippen molar-refractivity contribution in [1.29, 1.82) is 0 Å². The van der Waals surface area contributed by atoms with Gasteiger partial charge in [0, 0.05) is 13.8 Å². The van der Waals surface area contributed by atoms with E-state index in [1.54, 1.807) is 24.3 Å². The van der Waals surface area contributed by atoms with Crippen LogP contribution in [0, 0.1) is 5.92 Å². The maximum absolute atomic E-state index is 12.5. The first-order chi connectivity index (χ1) is 13.7. The standard InChI is InChI=1S/C22H22O7/c1-14(19(23)18-20(24)28-22(2,3)29-21(18)25)27-17-11-9-16(10-12-17)26-13-15-7-5-4-6-8-15/h4-12,14,18H,13H2,1-3H3. The smallest absolute Gasteiger partial charge is 0.331 e. The zero-order valence-electron chi connectivity index (χ0n) is 16.4. The third-order valence-electron chi connectivity index (χ3n) is 4.23. The molecule has 0 aliphatic carbocycles. The molecule has 1 atom stereocenters. The van der Waals surface area contributed by atoms with Crippen LogP contribution in [0.25, 0.3) is 0 Å². The van der Waals surface area contributed by atoms with Crippen LogP contribution in [-0.2, 0) is 30.5 Å². The Balaban J connectivity index is 1.57. The molecular weight excluding hydrogens is 376 g/mol. The van der Waals surface area contributed by atoms with Gasteiger partial charge in [0.25, 0.3) is 5.79 Å². The third kappa shape index (κ3) is 5.13. The van der Waals surface area contributed by atoms with Crippen molar-refractivity contribution in [1.82, 2.24) is 0 Å². The molecule has 7 nitrogen and oxygen atoms in total. The second-order valence-electron chi connectivity index (χ2n) is 7.08. The number of ketones is 1. The third-order valence-corrected chi connectivity index (χ3v) is 4.23. The molecule has 7 heteroatoms. The van der Waals surface area contributed by atoms with Gasteiger partial charge in [0.15, 0.2) is 11.9 Å². The highest BCUT2D eigenvalue weighted by Gasteiger charge is 2.48. The summed E-state index contributed by atoms with van der Waals surface area (Å²) in [5.41, 5.74) is 1.04. The number of rotatable bonds is 7. The Morgan fingerprint density at radius 2 is 1.52 bits per heavy atom. The molecule has 1 aliphatic rings. The van der Waals surface area contributed by atoms with Crippen molar-refractivity contribution in [3.8, 4) is 11.5 Å². The molecular formula is C22H22O7. The van der Waals surface area contributed by atoms with Crippen LogP contribution in [0.3, 0.4) is 0 Å². The predicted octanol–water partition coefficient (Wildman–Crippen LogP) is 3.05. The summed E-state index contributed by atoms with van der Waals surface area (Å²) in [7, 11) is 0. The summed E-state index contributed by atoms with van der Waals surface area (Å²) in [6.07, 6.45) is -1.04. The molecule has 0 bridgehead atoms. The SMILES string of the molecule is CC(Oc1ccc(OCc2ccccc2)cc1)C(=O)C1C(=O)OC(C)(C)OC1=O. The molecule has 29 heavy (non-hydrogen) atoms. The molecule has 0 amide bonds. The van der Waals surface area contributed by atoms with Crippen LogP contribution >= 0.6 is 0 Å². The second kappa shape index (κ2) is 8.34. The summed E-state index contributed by atoms with van der Waals surface area (Å²) in [5.74, 6) is -4.58. The molecule has 0 radical (unpaired) electrons. The Kier molecular flexibility index (Phi) is 5.87. The summed E-state index contributed by atoms with van der Waals surface area (Å²) in [5, 5.41) is 0. The number of cyclic esters (lactones) is 2. The quantitative estimate of drug-likeness (QED) is 0.523. The maximum Gasteiger partial charge on any atom is 0.331 e. The van der Waals surface area contributed by atoms with Crippen molar-refractivity contribution < 1.29 is 33.3 Å². The number of esters is 2. The van der Waals surface area contributed by atoms with E-state index in [9.17, 15) is 14.4 Å². The molecule has 1 unspecified atom stereocenters. The maximum atomic E-state index is 12.5. The molecule has 1 fully saturated rings. The van der Waals surface area contributed by atoms with Gasteiger partial charge in [0.2, 0.25) is 5.92 Å². The summed E-state index contributed by atoms with van der Waals surface area (Å²) in [6.45, 7) is 4.73. The van der Waals surface area contributed by atoms with Gasteiger partial charge in [-0.3, -0.25) is 14.4 Å². The first-order valence-corrected chi connectivity index (χ1v) is 9.18.